The number of imidazole rings is 1. The average Bonchev–Trinajstić information content (AvgIpc) is 3.08. The zero-order valence-electron chi connectivity index (χ0n) is 11.7. The molecule has 0 radical (unpaired) electrons. The molecule has 21 heavy (non-hydrogen) atoms. The van der Waals surface area contributed by atoms with Gasteiger partial charge >= 0.3 is 0 Å². The molecule has 0 atom stereocenters. The lowest BCUT2D eigenvalue weighted by molar-refractivity contribution is 0.616. The van der Waals surface area contributed by atoms with E-state index in [0.717, 1.165) is 39.0 Å². The normalized spacial score (nSPS) is 11.5. The van der Waals surface area contributed by atoms with E-state index in [0.29, 0.717) is 6.54 Å². The fourth-order valence-electron chi connectivity index (χ4n) is 2.76. The molecule has 2 aromatic carbocycles. The Kier molecular flexibility index (Phi) is 2.59. The van der Waals surface area contributed by atoms with Crippen molar-refractivity contribution in [1.29, 1.82) is 0 Å². The van der Waals surface area contributed by atoms with Gasteiger partial charge in [0.05, 0.1) is 16.6 Å². The van der Waals surface area contributed by atoms with Crippen LogP contribution in [-0.4, -0.2) is 9.55 Å². The number of nitrogens with two attached hydrogens (primary N) is 1. The van der Waals surface area contributed by atoms with Crippen molar-refractivity contribution in [3.63, 3.8) is 0 Å². The third-order valence-electron chi connectivity index (χ3n) is 3.90. The van der Waals surface area contributed by atoms with Crippen molar-refractivity contribution in [2.45, 2.75) is 6.54 Å². The van der Waals surface area contributed by atoms with Crippen LogP contribution in [0.3, 0.4) is 0 Å². The number of hydrogen-bond donors (Lipinski definition) is 1. The first kappa shape index (κ1) is 12.2. The molecule has 0 saturated carbocycles. The Morgan fingerprint density at radius 3 is 2.90 bits per heavy atom. The number of nitrogens with zero attached hydrogens (tertiary/aromatic N) is 2. The van der Waals surface area contributed by atoms with Crippen LogP contribution in [0.25, 0.3) is 33.4 Å². The summed E-state index contributed by atoms with van der Waals surface area (Å²) in [5.41, 5.74) is 10.7. The van der Waals surface area contributed by atoms with E-state index in [1.807, 2.05) is 37.4 Å². The minimum absolute atomic E-state index is 0.524. The first-order valence-corrected chi connectivity index (χ1v) is 6.90. The summed E-state index contributed by atoms with van der Waals surface area (Å²) in [7, 11) is 2.02. The van der Waals surface area contributed by atoms with Gasteiger partial charge in [-0.3, -0.25) is 0 Å². The zero-order valence-corrected chi connectivity index (χ0v) is 11.7. The maximum absolute atomic E-state index is 5.71. The molecule has 104 valence electrons. The van der Waals surface area contributed by atoms with Gasteiger partial charge in [0, 0.05) is 19.0 Å². The molecule has 0 spiro atoms. The van der Waals surface area contributed by atoms with Crippen molar-refractivity contribution < 1.29 is 4.42 Å². The Labute approximate surface area is 121 Å². The lowest BCUT2D eigenvalue weighted by atomic mass is 10.1. The van der Waals surface area contributed by atoms with Gasteiger partial charge < -0.3 is 14.7 Å². The molecule has 4 heteroatoms. The van der Waals surface area contributed by atoms with Gasteiger partial charge in [-0.15, -0.1) is 0 Å². The monoisotopic (exact) mass is 277 g/mol. The number of benzene rings is 2. The maximum Gasteiger partial charge on any atom is 0.144 e. The molecule has 4 aromatic rings. The van der Waals surface area contributed by atoms with E-state index in [-0.39, 0.29) is 0 Å². The standard InChI is InChI=1S/C17H15N3O/c1-20-15-7-6-11(9-18)8-14(15)19-17(20)13-10-21-16-5-3-2-4-12(13)16/h2-8,10H,9,18H2,1H3. The smallest absolute Gasteiger partial charge is 0.144 e. The van der Waals surface area contributed by atoms with Crippen molar-refractivity contribution in [1.82, 2.24) is 9.55 Å². The summed E-state index contributed by atoms with van der Waals surface area (Å²) in [6.45, 7) is 0.524. The summed E-state index contributed by atoms with van der Waals surface area (Å²) < 4.78 is 7.72. The van der Waals surface area contributed by atoms with E-state index in [2.05, 4.69) is 16.7 Å². The molecule has 0 bridgehead atoms. The van der Waals surface area contributed by atoms with Crippen LogP contribution in [-0.2, 0) is 13.6 Å². The highest BCUT2D eigenvalue weighted by atomic mass is 16.3. The second-order valence-electron chi connectivity index (χ2n) is 5.17. The molecule has 4 nitrogen and oxygen atoms in total. The summed E-state index contributed by atoms with van der Waals surface area (Å²) in [4.78, 5) is 4.76. The fourth-order valence-corrected chi connectivity index (χ4v) is 2.76. The number of hydrogen-bond acceptors (Lipinski definition) is 3. The summed E-state index contributed by atoms with van der Waals surface area (Å²) in [6.07, 6.45) is 1.77. The van der Waals surface area contributed by atoms with Gasteiger partial charge in [0.2, 0.25) is 0 Å². The average molecular weight is 277 g/mol. The Morgan fingerprint density at radius 2 is 2.05 bits per heavy atom. The molecule has 0 aliphatic carbocycles. The topological polar surface area (TPSA) is 57.0 Å². The second-order valence-corrected chi connectivity index (χ2v) is 5.17. The van der Waals surface area contributed by atoms with Crippen LogP contribution in [0.15, 0.2) is 53.1 Å². The molecule has 0 amide bonds. The van der Waals surface area contributed by atoms with Crippen molar-refractivity contribution in [2.24, 2.45) is 12.8 Å². The second kappa shape index (κ2) is 4.46. The predicted octanol–water partition coefficient (Wildman–Crippen LogP) is 3.45. The first-order chi connectivity index (χ1) is 10.3. The summed E-state index contributed by atoms with van der Waals surface area (Å²) in [6, 6.07) is 14.2. The van der Waals surface area contributed by atoms with E-state index in [9.17, 15) is 0 Å². The number of furan rings is 1. The van der Waals surface area contributed by atoms with E-state index in [1.54, 1.807) is 6.26 Å². The van der Waals surface area contributed by atoms with Crippen LogP contribution in [0.4, 0.5) is 0 Å². The zero-order chi connectivity index (χ0) is 14.4. The molecule has 2 heterocycles. The minimum atomic E-state index is 0.524. The molecule has 0 aliphatic rings. The number of fused-ring (bicyclic) bond motifs is 2. The van der Waals surface area contributed by atoms with Gasteiger partial charge in [-0.1, -0.05) is 24.3 Å². The molecule has 4 rings (SSSR count). The quantitative estimate of drug-likeness (QED) is 0.610. The lowest BCUT2D eigenvalue weighted by Crippen LogP contribution is -1.95. The molecule has 0 fully saturated rings. The molecule has 0 saturated heterocycles. The summed E-state index contributed by atoms with van der Waals surface area (Å²) >= 11 is 0. The van der Waals surface area contributed by atoms with Crippen molar-refractivity contribution >= 4 is 22.0 Å². The van der Waals surface area contributed by atoms with E-state index in [4.69, 9.17) is 15.1 Å². The fraction of sp³-hybridized carbons (Fsp3) is 0.118. The highest BCUT2D eigenvalue weighted by Crippen LogP contribution is 2.31. The van der Waals surface area contributed by atoms with Crippen LogP contribution < -0.4 is 5.73 Å². The lowest BCUT2D eigenvalue weighted by Gasteiger charge is -2.00. The molecule has 2 aromatic heterocycles. The number of rotatable bonds is 2. The summed E-state index contributed by atoms with van der Waals surface area (Å²) in [5.74, 6) is 0.907. The molecule has 2 N–H and O–H groups in total. The van der Waals surface area contributed by atoms with Gasteiger partial charge in [-0.2, -0.15) is 0 Å². The van der Waals surface area contributed by atoms with E-state index >= 15 is 0 Å². The van der Waals surface area contributed by atoms with E-state index in [1.165, 1.54) is 0 Å². The molecule has 0 aliphatic heterocycles. The van der Waals surface area contributed by atoms with Crippen LogP contribution in [0.2, 0.25) is 0 Å². The Bertz CT molecular complexity index is 949. The third-order valence-corrected chi connectivity index (χ3v) is 3.90. The number of aryl methyl sites for hydroxylation is 1. The van der Waals surface area contributed by atoms with Crippen molar-refractivity contribution in [3.8, 4) is 11.4 Å². The molecular formula is C17H15N3O. The third kappa shape index (κ3) is 1.76. The van der Waals surface area contributed by atoms with Crippen molar-refractivity contribution in [2.75, 3.05) is 0 Å². The Morgan fingerprint density at radius 1 is 1.19 bits per heavy atom. The largest absolute Gasteiger partial charge is 0.464 e. The number of para-hydroxylation sites is 1. The molecule has 0 unspecified atom stereocenters. The van der Waals surface area contributed by atoms with Crippen LogP contribution in [0.5, 0.6) is 0 Å². The van der Waals surface area contributed by atoms with Crippen molar-refractivity contribution in [3.05, 3.63) is 54.3 Å². The van der Waals surface area contributed by atoms with Gasteiger partial charge in [-0.05, 0) is 23.8 Å². The minimum Gasteiger partial charge on any atom is -0.464 e. The van der Waals surface area contributed by atoms with Crippen LogP contribution in [0, 0.1) is 0 Å². The highest BCUT2D eigenvalue weighted by Gasteiger charge is 2.15. The SMILES string of the molecule is Cn1c(-c2coc3ccccc23)nc2cc(CN)ccc21. The Balaban J connectivity index is 2.00. The van der Waals surface area contributed by atoms with Gasteiger partial charge in [0.25, 0.3) is 0 Å². The van der Waals surface area contributed by atoms with Gasteiger partial charge in [0.15, 0.2) is 0 Å². The molecular weight excluding hydrogens is 262 g/mol. The Hall–Kier alpha value is -2.59. The van der Waals surface area contributed by atoms with Crippen LogP contribution >= 0.6 is 0 Å². The van der Waals surface area contributed by atoms with E-state index < -0.39 is 0 Å². The summed E-state index contributed by atoms with van der Waals surface area (Å²) in [5, 5.41) is 1.08. The van der Waals surface area contributed by atoms with Gasteiger partial charge in [-0.25, -0.2) is 4.98 Å². The highest BCUT2D eigenvalue weighted by molar-refractivity contribution is 5.94. The number of aromatic nitrogens is 2. The van der Waals surface area contributed by atoms with Crippen LogP contribution in [0.1, 0.15) is 5.56 Å². The van der Waals surface area contributed by atoms with Gasteiger partial charge in [0.1, 0.15) is 17.7 Å². The first-order valence-electron chi connectivity index (χ1n) is 6.90. The predicted molar refractivity (Wildman–Crippen MR) is 83.8 cm³/mol. The maximum atomic E-state index is 5.71.